The van der Waals surface area contributed by atoms with E-state index in [4.69, 9.17) is 23.2 Å². The highest BCUT2D eigenvalue weighted by atomic mass is 35.5. The van der Waals surface area contributed by atoms with E-state index in [0.29, 0.717) is 11.1 Å². The van der Waals surface area contributed by atoms with E-state index >= 15 is 0 Å². The summed E-state index contributed by atoms with van der Waals surface area (Å²) in [6, 6.07) is 6.28. The highest BCUT2D eigenvalue weighted by molar-refractivity contribution is 6.36. The van der Waals surface area contributed by atoms with E-state index in [1.54, 1.807) is 6.07 Å². The van der Waals surface area contributed by atoms with Crippen LogP contribution in [0.5, 0.6) is 0 Å². The monoisotopic (exact) mass is 258 g/mol. The van der Waals surface area contributed by atoms with E-state index < -0.39 is 0 Å². The van der Waals surface area contributed by atoms with Crippen LogP contribution in [-0.4, -0.2) is 25.7 Å². The highest BCUT2D eigenvalue weighted by Gasteiger charge is 2.23. The topological polar surface area (TPSA) is 15.3 Å². The Hall–Kier alpha value is -0.440. The molecule has 88 valence electrons. The van der Waals surface area contributed by atoms with Crippen LogP contribution in [0.15, 0.2) is 18.2 Å². The molecule has 0 aromatic heterocycles. The van der Waals surface area contributed by atoms with Gasteiger partial charge < -0.3 is 10.2 Å². The Morgan fingerprint density at radius 1 is 1.44 bits per heavy atom. The minimum absolute atomic E-state index is 0.580. The van der Waals surface area contributed by atoms with Crippen LogP contribution in [0.1, 0.15) is 13.3 Å². The van der Waals surface area contributed by atoms with Crippen LogP contribution in [0.25, 0.3) is 0 Å². The molecule has 16 heavy (non-hydrogen) atoms. The molecule has 1 fully saturated rings. The summed E-state index contributed by atoms with van der Waals surface area (Å²) in [6.45, 7) is 5.24. The molecule has 0 amide bonds. The molecule has 1 saturated heterocycles. The summed E-state index contributed by atoms with van der Waals surface area (Å²) < 4.78 is 0. The number of likely N-dealkylation sites (N-methyl/N-ethyl adjacent to an activating group) is 1. The molecule has 1 aromatic rings. The van der Waals surface area contributed by atoms with Crippen LogP contribution in [0.4, 0.5) is 5.69 Å². The molecule has 1 atom stereocenters. The number of hydrogen-bond donors (Lipinski definition) is 1. The number of nitrogens with one attached hydrogen (secondary N) is 1. The maximum Gasteiger partial charge on any atom is 0.0654 e. The van der Waals surface area contributed by atoms with Gasteiger partial charge in [-0.2, -0.15) is 0 Å². The van der Waals surface area contributed by atoms with Crippen LogP contribution < -0.4 is 10.2 Å². The van der Waals surface area contributed by atoms with Crippen molar-refractivity contribution in [3.8, 4) is 0 Å². The second kappa shape index (κ2) is 5.26. The molecule has 4 heteroatoms. The van der Waals surface area contributed by atoms with Gasteiger partial charge in [0.25, 0.3) is 0 Å². The van der Waals surface area contributed by atoms with Crippen LogP contribution in [0.3, 0.4) is 0 Å². The van der Waals surface area contributed by atoms with Gasteiger partial charge >= 0.3 is 0 Å². The standard InChI is InChI=1S/C12H16Cl2N2/c1-2-15-10-5-6-16(8-10)12-4-3-9(13)7-11(12)14/h3-4,7,10,15H,2,5-6,8H2,1H3. The zero-order chi connectivity index (χ0) is 11.5. The third-order valence-electron chi connectivity index (χ3n) is 2.93. The molecule has 0 bridgehead atoms. The zero-order valence-corrected chi connectivity index (χ0v) is 10.9. The zero-order valence-electron chi connectivity index (χ0n) is 9.34. The highest BCUT2D eigenvalue weighted by Crippen LogP contribution is 2.30. The fraction of sp³-hybridized carbons (Fsp3) is 0.500. The number of benzene rings is 1. The predicted molar refractivity (Wildman–Crippen MR) is 70.8 cm³/mol. The number of anilines is 1. The molecular weight excluding hydrogens is 243 g/mol. The first-order valence-corrected chi connectivity index (χ1v) is 6.39. The lowest BCUT2D eigenvalue weighted by Crippen LogP contribution is -2.32. The molecule has 1 aromatic carbocycles. The molecule has 0 spiro atoms. The number of halogens is 2. The van der Waals surface area contributed by atoms with Gasteiger partial charge in [0.15, 0.2) is 0 Å². The predicted octanol–water partition coefficient (Wildman–Crippen LogP) is 3.18. The van der Waals surface area contributed by atoms with E-state index in [2.05, 4.69) is 17.1 Å². The Labute approximate surface area is 107 Å². The normalized spacial score (nSPS) is 20.4. The molecule has 0 aliphatic carbocycles. The van der Waals surface area contributed by atoms with Crippen molar-refractivity contribution in [1.82, 2.24) is 5.32 Å². The van der Waals surface area contributed by atoms with Crippen molar-refractivity contribution < 1.29 is 0 Å². The van der Waals surface area contributed by atoms with Crippen LogP contribution in [0, 0.1) is 0 Å². The summed E-state index contributed by atoms with van der Waals surface area (Å²) in [7, 11) is 0. The van der Waals surface area contributed by atoms with Crippen molar-refractivity contribution in [2.75, 3.05) is 24.5 Å². The lowest BCUT2D eigenvalue weighted by atomic mass is 10.2. The largest absolute Gasteiger partial charge is 0.369 e. The van der Waals surface area contributed by atoms with Gasteiger partial charge in [-0.1, -0.05) is 30.1 Å². The maximum atomic E-state index is 6.19. The van der Waals surface area contributed by atoms with Gasteiger partial charge in [-0.15, -0.1) is 0 Å². The van der Waals surface area contributed by atoms with Crippen molar-refractivity contribution >= 4 is 28.9 Å². The van der Waals surface area contributed by atoms with E-state index in [1.165, 1.54) is 6.42 Å². The average Bonchev–Trinajstić information content (AvgIpc) is 2.67. The summed E-state index contributed by atoms with van der Waals surface area (Å²) >= 11 is 12.1. The summed E-state index contributed by atoms with van der Waals surface area (Å²) in [6.07, 6.45) is 1.17. The smallest absolute Gasteiger partial charge is 0.0654 e. The summed E-state index contributed by atoms with van der Waals surface area (Å²) in [5.41, 5.74) is 1.09. The molecule has 1 aliphatic heterocycles. The van der Waals surface area contributed by atoms with Gasteiger partial charge in [-0.05, 0) is 31.2 Å². The summed E-state index contributed by atoms with van der Waals surface area (Å²) in [5.74, 6) is 0. The second-order valence-corrected chi connectivity index (χ2v) is 4.93. The first-order valence-electron chi connectivity index (χ1n) is 5.64. The Morgan fingerprint density at radius 3 is 2.94 bits per heavy atom. The second-order valence-electron chi connectivity index (χ2n) is 4.09. The Morgan fingerprint density at radius 2 is 2.25 bits per heavy atom. The fourth-order valence-corrected chi connectivity index (χ4v) is 2.70. The Kier molecular flexibility index (Phi) is 3.95. The van der Waals surface area contributed by atoms with Gasteiger partial charge in [0.05, 0.1) is 10.7 Å². The fourth-order valence-electron chi connectivity index (χ4n) is 2.17. The van der Waals surface area contributed by atoms with Crippen LogP contribution in [-0.2, 0) is 0 Å². The van der Waals surface area contributed by atoms with Crippen LogP contribution >= 0.6 is 23.2 Å². The lowest BCUT2D eigenvalue weighted by molar-refractivity contribution is 0.572. The van der Waals surface area contributed by atoms with E-state index in [1.807, 2.05) is 12.1 Å². The molecule has 2 nitrogen and oxygen atoms in total. The van der Waals surface area contributed by atoms with Crippen molar-refractivity contribution in [2.45, 2.75) is 19.4 Å². The van der Waals surface area contributed by atoms with Gasteiger partial charge in [-0.3, -0.25) is 0 Å². The third-order valence-corrected chi connectivity index (χ3v) is 3.47. The first kappa shape index (κ1) is 12.0. The minimum atomic E-state index is 0.580. The first-order chi connectivity index (χ1) is 7.70. The molecule has 1 aliphatic rings. The molecule has 1 N–H and O–H groups in total. The number of rotatable bonds is 3. The average molecular weight is 259 g/mol. The summed E-state index contributed by atoms with van der Waals surface area (Å²) in [5, 5.41) is 4.90. The van der Waals surface area contributed by atoms with Gasteiger partial charge in [0, 0.05) is 24.2 Å². The number of nitrogens with zero attached hydrogens (tertiary/aromatic N) is 1. The quantitative estimate of drug-likeness (QED) is 0.896. The SMILES string of the molecule is CCNC1CCN(c2ccc(Cl)cc2Cl)C1. The van der Waals surface area contributed by atoms with Gasteiger partial charge in [-0.25, -0.2) is 0 Å². The Bertz CT molecular complexity index is 368. The van der Waals surface area contributed by atoms with E-state index in [-0.39, 0.29) is 0 Å². The molecule has 0 radical (unpaired) electrons. The number of hydrogen-bond acceptors (Lipinski definition) is 2. The van der Waals surface area contributed by atoms with Crippen molar-refractivity contribution in [3.05, 3.63) is 28.2 Å². The Balaban J connectivity index is 2.08. The molecule has 1 unspecified atom stereocenters. The van der Waals surface area contributed by atoms with E-state index in [0.717, 1.165) is 30.3 Å². The minimum Gasteiger partial charge on any atom is -0.369 e. The van der Waals surface area contributed by atoms with Crippen molar-refractivity contribution in [1.29, 1.82) is 0 Å². The molecule has 2 rings (SSSR count). The van der Waals surface area contributed by atoms with Gasteiger partial charge in [0.2, 0.25) is 0 Å². The van der Waals surface area contributed by atoms with Gasteiger partial charge in [0.1, 0.15) is 0 Å². The maximum absolute atomic E-state index is 6.19. The van der Waals surface area contributed by atoms with Crippen molar-refractivity contribution in [3.63, 3.8) is 0 Å². The van der Waals surface area contributed by atoms with Crippen LogP contribution in [0.2, 0.25) is 10.0 Å². The lowest BCUT2D eigenvalue weighted by Gasteiger charge is -2.20. The molecule has 1 heterocycles. The molecule has 0 saturated carbocycles. The molecular formula is C12H16Cl2N2. The summed E-state index contributed by atoms with van der Waals surface area (Å²) in [4.78, 5) is 2.31. The third kappa shape index (κ3) is 2.62. The van der Waals surface area contributed by atoms with E-state index in [9.17, 15) is 0 Å². The van der Waals surface area contributed by atoms with Crippen molar-refractivity contribution in [2.24, 2.45) is 0 Å².